The minimum absolute atomic E-state index is 0.169. The Morgan fingerprint density at radius 1 is 0.460 bits per heavy atom. The Balaban J connectivity index is -0.000000860. The molecule has 0 aromatic carbocycles. The number of carbonyl (C=O) groups is 3. The number of aliphatic hydroxyl groups is 3. The average Bonchev–Trinajstić information content (AvgIpc) is 3.14. The van der Waals surface area contributed by atoms with Gasteiger partial charge in [-0.15, -0.1) is 0 Å². The fourth-order valence-electron chi connectivity index (χ4n) is 3.54. The molecule has 0 aliphatic heterocycles. The van der Waals surface area contributed by atoms with E-state index in [2.05, 4.69) is 0 Å². The molecular formula is C39H85N3O18P3+3. The van der Waals surface area contributed by atoms with Crippen molar-refractivity contribution in [1.29, 1.82) is 0 Å². The number of likely N-dealkylation sites (N-methyl/N-ethyl adjacent to an activating group) is 3. The van der Waals surface area contributed by atoms with Gasteiger partial charge in [-0.05, 0) is 6.42 Å². The fraction of sp³-hybridized carbons (Fsp3) is 0.872. The molecule has 63 heavy (non-hydrogen) atoms. The second-order valence-electron chi connectivity index (χ2n) is 17.5. The summed E-state index contributed by atoms with van der Waals surface area (Å²) in [5.74, 6) is -1.22. The zero-order valence-corrected chi connectivity index (χ0v) is 43.5. The molecule has 21 nitrogen and oxygen atoms in total. The molecule has 6 unspecified atom stereocenters. The summed E-state index contributed by atoms with van der Waals surface area (Å²) in [6, 6.07) is 0. The van der Waals surface area contributed by atoms with Gasteiger partial charge in [0, 0.05) is 32.8 Å². The molecule has 0 fully saturated rings. The van der Waals surface area contributed by atoms with Crippen molar-refractivity contribution in [3.8, 4) is 0 Å². The molecule has 0 saturated carbocycles. The number of quaternary nitrogens is 3. The molecule has 0 aliphatic rings. The van der Waals surface area contributed by atoms with E-state index in [1.807, 2.05) is 76.4 Å². The van der Waals surface area contributed by atoms with Gasteiger partial charge in [0.05, 0.1) is 89.7 Å². The lowest BCUT2D eigenvalue weighted by molar-refractivity contribution is -0.870. The summed E-state index contributed by atoms with van der Waals surface area (Å²) in [4.78, 5) is 33.1. The second-order valence-corrected chi connectivity index (χ2v) is 23.7. The van der Waals surface area contributed by atoms with Crippen LogP contribution in [0.2, 0.25) is 0 Å². The Morgan fingerprint density at radius 3 is 0.968 bits per heavy atom. The zero-order valence-electron chi connectivity index (χ0n) is 40.8. The summed E-state index contributed by atoms with van der Waals surface area (Å²) in [5.41, 5.74) is 0. The largest absolute Gasteiger partial charge is 0.463 e. The van der Waals surface area contributed by atoms with Crippen LogP contribution in [0.5, 0.6) is 0 Å². The van der Waals surface area contributed by atoms with Gasteiger partial charge in [-0.1, -0.05) is 32.9 Å². The van der Waals surface area contributed by atoms with Gasteiger partial charge in [0.25, 0.3) is 0 Å². The molecule has 0 aliphatic carbocycles. The van der Waals surface area contributed by atoms with Gasteiger partial charge in [0.2, 0.25) is 0 Å². The molecule has 0 aromatic heterocycles. The van der Waals surface area contributed by atoms with Gasteiger partial charge in [-0.2, -0.15) is 0 Å². The zero-order chi connectivity index (χ0) is 49.6. The molecular weight excluding hydrogens is 891 g/mol. The van der Waals surface area contributed by atoms with E-state index in [1.165, 1.54) is 20.0 Å². The molecule has 3 N–H and O–H groups in total. The lowest BCUT2D eigenvalue weighted by Gasteiger charge is -2.24. The summed E-state index contributed by atoms with van der Waals surface area (Å²) in [5, 5.41) is 28.7. The van der Waals surface area contributed by atoms with Crippen LogP contribution in [-0.2, 0) is 69.4 Å². The minimum atomic E-state index is -3.22. The molecule has 6 atom stereocenters. The highest BCUT2D eigenvalue weighted by Gasteiger charge is 2.24. The molecule has 0 saturated heterocycles. The van der Waals surface area contributed by atoms with E-state index in [1.54, 1.807) is 19.9 Å². The Bertz CT molecular complexity index is 1370. The first kappa shape index (κ1) is 65.6. The van der Waals surface area contributed by atoms with Crippen LogP contribution in [0.15, 0.2) is 12.2 Å². The number of allylic oxidation sites excluding steroid dienone is 1. The highest BCUT2D eigenvalue weighted by molar-refractivity contribution is 7.53. The van der Waals surface area contributed by atoms with Crippen LogP contribution in [0.4, 0.5) is 0 Å². The van der Waals surface area contributed by atoms with Crippen LogP contribution < -0.4 is 0 Å². The SMILES string of the molecule is CC/C=C\CC(=O)OCC(O)COP(C)(=O)OCC[N+](C)(C)C.CCC(=O)OCC(O)COP(C)(=O)OCC[N+](C)(C)C.CCC(=O)OCC(O)COP(C)(=O)OCC[N+](C)(C)C. The van der Waals surface area contributed by atoms with Crippen LogP contribution in [0.25, 0.3) is 0 Å². The van der Waals surface area contributed by atoms with Crippen molar-refractivity contribution < 1.29 is 98.2 Å². The first-order chi connectivity index (χ1) is 28.7. The van der Waals surface area contributed by atoms with E-state index in [4.69, 9.17) is 41.4 Å². The second kappa shape index (κ2) is 33.8. The van der Waals surface area contributed by atoms with Crippen molar-refractivity contribution in [2.75, 3.05) is 163 Å². The van der Waals surface area contributed by atoms with Gasteiger partial charge < -0.3 is 70.1 Å². The molecule has 0 amide bonds. The number of hydrogen-bond acceptors (Lipinski definition) is 18. The predicted molar refractivity (Wildman–Crippen MR) is 241 cm³/mol. The van der Waals surface area contributed by atoms with E-state index in [0.717, 1.165) is 6.42 Å². The summed E-state index contributed by atoms with van der Waals surface area (Å²) in [7, 11) is 8.36. The van der Waals surface area contributed by atoms with Crippen LogP contribution in [0.3, 0.4) is 0 Å². The summed E-state index contributed by atoms with van der Waals surface area (Å²) >= 11 is 0. The summed E-state index contributed by atoms with van der Waals surface area (Å²) in [6.45, 7) is 11.2. The number of ether oxygens (including phenoxy) is 3. The maximum absolute atomic E-state index is 12.0. The number of hydrogen-bond donors (Lipinski definition) is 3. The smallest absolute Gasteiger partial charge is 0.327 e. The topological polar surface area (TPSA) is 246 Å². The lowest BCUT2D eigenvalue weighted by atomic mass is 10.3. The van der Waals surface area contributed by atoms with Crippen molar-refractivity contribution in [3.63, 3.8) is 0 Å². The third-order valence-electron chi connectivity index (χ3n) is 7.34. The number of esters is 3. The molecule has 0 spiro atoms. The lowest BCUT2D eigenvalue weighted by Crippen LogP contribution is -2.37. The maximum atomic E-state index is 12.0. The van der Waals surface area contributed by atoms with Crippen molar-refractivity contribution in [2.24, 2.45) is 0 Å². The molecule has 24 heteroatoms. The fourth-order valence-corrected chi connectivity index (χ4v) is 6.33. The number of aliphatic hydroxyl groups excluding tert-OH is 3. The van der Waals surface area contributed by atoms with Crippen molar-refractivity contribution in [2.45, 2.75) is 64.8 Å². The van der Waals surface area contributed by atoms with Gasteiger partial charge >= 0.3 is 40.7 Å². The number of nitrogens with zero attached hydrogens (tertiary/aromatic N) is 3. The predicted octanol–water partition coefficient (Wildman–Crippen LogP) is 3.53. The van der Waals surface area contributed by atoms with Crippen molar-refractivity contribution >= 4 is 40.7 Å². The highest BCUT2D eigenvalue weighted by Crippen LogP contribution is 2.45. The molecule has 0 heterocycles. The molecule has 376 valence electrons. The Kier molecular flexibility index (Phi) is 35.2. The highest BCUT2D eigenvalue weighted by atomic mass is 31.2. The van der Waals surface area contributed by atoms with Gasteiger partial charge in [0.15, 0.2) is 0 Å². The summed E-state index contributed by atoms with van der Waals surface area (Å²) < 4.78 is 83.2. The average molecular weight is 977 g/mol. The van der Waals surface area contributed by atoms with E-state index >= 15 is 0 Å². The van der Waals surface area contributed by atoms with E-state index in [9.17, 15) is 43.4 Å². The first-order valence-corrected chi connectivity index (χ1v) is 26.8. The van der Waals surface area contributed by atoms with E-state index in [-0.39, 0.29) is 58.9 Å². The normalized spacial score (nSPS) is 16.4. The van der Waals surface area contributed by atoms with Crippen LogP contribution in [0, 0.1) is 0 Å². The third kappa shape index (κ3) is 49.6. The first-order valence-electron chi connectivity index (χ1n) is 20.8. The van der Waals surface area contributed by atoms with Crippen molar-refractivity contribution in [3.05, 3.63) is 12.2 Å². The molecule has 0 bridgehead atoms. The number of carbonyl (C=O) groups excluding carboxylic acids is 3. The van der Waals surface area contributed by atoms with Crippen LogP contribution in [-0.4, -0.2) is 228 Å². The van der Waals surface area contributed by atoms with E-state index < -0.39 is 59.0 Å². The van der Waals surface area contributed by atoms with Crippen molar-refractivity contribution in [1.82, 2.24) is 0 Å². The van der Waals surface area contributed by atoms with Gasteiger partial charge in [0.1, 0.15) is 77.6 Å². The Hall–Kier alpha value is -1.64. The Morgan fingerprint density at radius 2 is 0.730 bits per heavy atom. The maximum Gasteiger partial charge on any atom is 0.327 e. The standard InChI is InChI=1S/C15H31NO6P.2C12H27NO6P/c1-6-7-8-9-15(18)20-12-14(17)13-22-23(5,19)21-11-10-16(2,3)4;2*1-6-12(15)17-9-11(14)10-19-20(5,16)18-8-7-13(2,3)4/h7-8,14,17H,6,9-13H2,1-5H3;2*11,14H,6-10H2,1-5H3/q3*+1/b8-7-;;. The third-order valence-corrected chi connectivity index (χ3v) is 11.2. The minimum Gasteiger partial charge on any atom is -0.463 e. The quantitative estimate of drug-likeness (QED) is 0.0287. The van der Waals surface area contributed by atoms with Crippen LogP contribution >= 0.6 is 22.8 Å². The van der Waals surface area contributed by atoms with E-state index in [0.29, 0.717) is 52.9 Å². The number of rotatable bonds is 32. The van der Waals surface area contributed by atoms with Gasteiger partial charge in [-0.25, -0.2) is 0 Å². The van der Waals surface area contributed by atoms with Gasteiger partial charge in [-0.3, -0.25) is 28.1 Å². The van der Waals surface area contributed by atoms with Crippen LogP contribution in [0.1, 0.15) is 46.5 Å². The Labute approximate surface area is 377 Å². The molecule has 0 aromatic rings. The molecule has 0 rings (SSSR count). The molecule has 0 radical (unpaired) electrons. The monoisotopic (exact) mass is 977 g/mol. The summed E-state index contributed by atoms with van der Waals surface area (Å²) in [6.07, 6.45) is 2.02.